The Morgan fingerprint density at radius 2 is 1.75 bits per heavy atom. The van der Waals surface area contributed by atoms with Gasteiger partial charge in [0.15, 0.2) is 5.17 Å². The Kier molecular flexibility index (Phi) is 4.96. The van der Waals surface area contributed by atoms with Gasteiger partial charge in [0, 0.05) is 19.2 Å². The molecule has 5 nitrogen and oxygen atoms in total. The molecule has 3 rings (SSSR count). The highest BCUT2D eigenvalue weighted by molar-refractivity contribution is 8.15. The lowest BCUT2D eigenvalue weighted by molar-refractivity contribution is -0.127. The third-order valence-electron chi connectivity index (χ3n) is 3.55. The Hall–Kier alpha value is -2.60. The van der Waals surface area contributed by atoms with Crippen LogP contribution >= 0.6 is 11.8 Å². The van der Waals surface area contributed by atoms with E-state index in [9.17, 15) is 9.59 Å². The van der Waals surface area contributed by atoms with E-state index >= 15 is 0 Å². The molecular formula is C18H17N3O2S. The van der Waals surface area contributed by atoms with Crippen molar-refractivity contribution in [3.63, 3.8) is 0 Å². The number of anilines is 1. The van der Waals surface area contributed by atoms with Crippen LogP contribution in [0.2, 0.25) is 0 Å². The van der Waals surface area contributed by atoms with Gasteiger partial charge in [0.25, 0.3) is 0 Å². The minimum absolute atomic E-state index is 0.0992. The number of carbonyl (C=O) groups is 2. The fourth-order valence-electron chi connectivity index (χ4n) is 2.31. The molecule has 2 aromatic rings. The zero-order valence-electron chi connectivity index (χ0n) is 13.2. The molecule has 1 saturated heterocycles. The number of amidine groups is 1. The lowest BCUT2D eigenvalue weighted by atomic mass is 10.2. The summed E-state index contributed by atoms with van der Waals surface area (Å²) >= 11 is 1.33. The Morgan fingerprint density at radius 1 is 1.12 bits per heavy atom. The van der Waals surface area contributed by atoms with E-state index in [4.69, 9.17) is 0 Å². The topological polar surface area (TPSA) is 61.8 Å². The quantitative estimate of drug-likeness (QED) is 0.930. The van der Waals surface area contributed by atoms with Crippen molar-refractivity contribution in [3.8, 4) is 0 Å². The molecule has 1 atom stereocenters. The Labute approximate surface area is 144 Å². The zero-order chi connectivity index (χ0) is 16.9. The molecular weight excluding hydrogens is 322 g/mol. The van der Waals surface area contributed by atoms with Gasteiger partial charge in [-0.2, -0.15) is 0 Å². The number of para-hydroxylation sites is 2. The molecule has 0 bridgehead atoms. The molecule has 1 N–H and O–H groups in total. The molecule has 6 heteroatoms. The largest absolute Gasteiger partial charge is 0.326 e. The van der Waals surface area contributed by atoms with E-state index < -0.39 is 5.25 Å². The Morgan fingerprint density at radius 3 is 2.42 bits per heavy atom. The SMILES string of the molecule is CN1C(=O)[C@@H](CC(=O)Nc2ccccc2)SC1=Nc1ccccc1. The van der Waals surface area contributed by atoms with Gasteiger partial charge in [-0.15, -0.1) is 0 Å². The van der Waals surface area contributed by atoms with Crippen LogP contribution in [0.1, 0.15) is 6.42 Å². The normalized spacial score (nSPS) is 18.9. The van der Waals surface area contributed by atoms with Gasteiger partial charge in [-0.05, 0) is 24.3 Å². The van der Waals surface area contributed by atoms with Crippen LogP contribution in [0.3, 0.4) is 0 Å². The number of thioether (sulfide) groups is 1. The number of carbonyl (C=O) groups excluding carboxylic acids is 2. The number of nitrogens with zero attached hydrogens (tertiary/aromatic N) is 2. The summed E-state index contributed by atoms with van der Waals surface area (Å²) in [5.41, 5.74) is 1.51. The average Bonchev–Trinajstić information content (AvgIpc) is 2.85. The predicted molar refractivity (Wildman–Crippen MR) is 97.4 cm³/mol. The molecule has 2 amide bonds. The summed E-state index contributed by atoms with van der Waals surface area (Å²) in [6, 6.07) is 18.7. The van der Waals surface area contributed by atoms with Gasteiger partial charge in [-0.25, -0.2) is 4.99 Å². The molecule has 24 heavy (non-hydrogen) atoms. The van der Waals surface area contributed by atoms with Crippen LogP contribution in [0.4, 0.5) is 11.4 Å². The lowest BCUT2D eigenvalue weighted by Crippen LogP contribution is -2.30. The van der Waals surface area contributed by atoms with Crippen molar-refractivity contribution in [1.82, 2.24) is 4.90 Å². The van der Waals surface area contributed by atoms with Crippen molar-refractivity contribution in [2.45, 2.75) is 11.7 Å². The molecule has 1 aliphatic rings. The second kappa shape index (κ2) is 7.31. The molecule has 1 fully saturated rings. The molecule has 1 heterocycles. The van der Waals surface area contributed by atoms with Crippen molar-refractivity contribution in [1.29, 1.82) is 0 Å². The van der Waals surface area contributed by atoms with Crippen LogP contribution in [-0.2, 0) is 9.59 Å². The van der Waals surface area contributed by atoms with E-state index in [1.807, 2.05) is 60.7 Å². The minimum atomic E-state index is -0.443. The summed E-state index contributed by atoms with van der Waals surface area (Å²) in [4.78, 5) is 30.5. The third kappa shape index (κ3) is 3.83. The summed E-state index contributed by atoms with van der Waals surface area (Å²) < 4.78 is 0. The van der Waals surface area contributed by atoms with Crippen LogP contribution in [0.5, 0.6) is 0 Å². The highest BCUT2D eigenvalue weighted by Crippen LogP contribution is 2.30. The first-order valence-corrected chi connectivity index (χ1v) is 8.44. The number of aliphatic imine (C=N–C) groups is 1. The van der Waals surface area contributed by atoms with Crippen LogP contribution in [0, 0.1) is 0 Å². The number of nitrogens with one attached hydrogen (secondary N) is 1. The first kappa shape index (κ1) is 16.3. The van der Waals surface area contributed by atoms with E-state index in [1.165, 1.54) is 16.7 Å². The fourth-order valence-corrected chi connectivity index (χ4v) is 3.47. The smallest absolute Gasteiger partial charge is 0.242 e. The third-order valence-corrected chi connectivity index (χ3v) is 4.78. The number of amides is 2. The maximum atomic E-state index is 12.3. The summed E-state index contributed by atoms with van der Waals surface area (Å²) in [6.45, 7) is 0. The highest BCUT2D eigenvalue weighted by Gasteiger charge is 2.36. The van der Waals surface area contributed by atoms with E-state index in [-0.39, 0.29) is 18.2 Å². The van der Waals surface area contributed by atoms with Gasteiger partial charge in [0.2, 0.25) is 11.8 Å². The molecule has 122 valence electrons. The first-order valence-electron chi connectivity index (χ1n) is 7.56. The zero-order valence-corrected chi connectivity index (χ0v) is 14.0. The van der Waals surface area contributed by atoms with Gasteiger partial charge < -0.3 is 5.32 Å². The van der Waals surface area contributed by atoms with Crippen molar-refractivity contribution in [2.75, 3.05) is 12.4 Å². The van der Waals surface area contributed by atoms with E-state index in [0.29, 0.717) is 5.17 Å². The van der Waals surface area contributed by atoms with Gasteiger partial charge in [0.05, 0.1) is 5.69 Å². The van der Waals surface area contributed by atoms with E-state index in [0.717, 1.165) is 11.4 Å². The maximum Gasteiger partial charge on any atom is 0.242 e. The van der Waals surface area contributed by atoms with Crippen LogP contribution in [0.15, 0.2) is 65.7 Å². The Bertz CT molecular complexity index is 762. The molecule has 0 saturated carbocycles. The monoisotopic (exact) mass is 339 g/mol. The maximum absolute atomic E-state index is 12.3. The molecule has 0 spiro atoms. The van der Waals surface area contributed by atoms with E-state index in [2.05, 4.69) is 10.3 Å². The standard InChI is InChI=1S/C18H17N3O2S/c1-21-17(23)15(12-16(22)19-13-8-4-2-5-9-13)24-18(21)20-14-10-6-3-7-11-14/h2-11,15H,12H2,1H3,(H,19,22)/t15-/m1/s1. The molecule has 1 aliphatic heterocycles. The van der Waals surface area contributed by atoms with Crippen LogP contribution in [-0.4, -0.2) is 34.2 Å². The molecule has 0 radical (unpaired) electrons. The lowest BCUT2D eigenvalue weighted by Gasteiger charge is -2.09. The van der Waals surface area contributed by atoms with Crippen LogP contribution < -0.4 is 5.32 Å². The van der Waals surface area contributed by atoms with Crippen molar-refractivity contribution < 1.29 is 9.59 Å². The van der Waals surface area contributed by atoms with Gasteiger partial charge in [0.1, 0.15) is 5.25 Å². The van der Waals surface area contributed by atoms with E-state index in [1.54, 1.807) is 7.05 Å². The summed E-state index contributed by atoms with van der Waals surface area (Å²) in [7, 11) is 1.69. The number of hydrogen-bond donors (Lipinski definition) is 1. The van der Waals surface area contributed by atoms with Gasteiger partial charge in [-0.3, -0.25) is 14.5 Å². The average molecular weight is 339 g/mol. The molecule has 0 aliphatic carbocycles. The predicted octanol–water partition coefficient (Wildman–Crippen LogP) is 3.28. The van der Waals surface area contributed by atoms with Crippen molar-refractivity contribution in [2.24, 2.45) is 4.99 Å². The van der Waals surface area contributed by atoms with Crippen molar-refractivity contribution >= 4 is 40.1 Å². The Balaban J connectivity index is 1.66. The summed E-state index contributed by atoms with van der Waals surface area (Å²) in [5.74, 6) is -0.278. The summed E-state index contributed by atoms with van der Waals surface area (Å²) in [6.07, 6.45) is 0.122. The second-order valence-electron chi connectivity index (χ2n) is 5.35. The fraction of sp³-hybridized carbons (Fsp3) is 0.167. The molecule has 2 aromatic carbocycles. The van der Waals surface area contributed by atoms with Gasteiger partial charge in [-0.1, -0.05) is 48.2 Å². The number of benzene rings is 2. The van der Waals surface area contributed by atoms with Gasteiger partial charge >= 0.3 is 0 Å². The summed E-state index contributed by atoms with van der Waals surface area (Å²) in [5, 5.41) is 2.98. The van der Waals surface area contributed by atoms with Crippen molar-refractivity contribution in [3.05, 3.63) is 60.7 Å². The number of rotatable bonds is 4. The number of hydrogen-bond acceptors (Lipinski definition) is 4. The first-order chi connectivity index (χ1) is 11.6. The minimum Gasteiger partial charge on any atom is -0.326 e. The molecule has 0 unspecified atom stereocenters. The molecule has 0 aromatic heterocycles. The second-order valence-corrected chi connectivity index (χ2v) is 6.52. The van der Waals surface area contributed by atoms with Crippen LogP contribution in [0.25, 0.3) is 0 Å². The highest BCUT2D eigenvalue weighted by atomic mass is 32.2.